The summed E-state index contributed by atoms with van der Waals surface area (Å²) in [6.45, 7) is 19.4. The summed E-state index contributed by atoms with van der Waals surface area (Å²) in [5.74, 6) is 2.28. The van der Waals surface area contributed by atoms with E-state index in [2.05, 4.69) is 60.6 Å². The van der Waals surface area contributed by atoms with Crippen molar-refractivity contribution in [3.8, 4) is 11.5 Å². The molecule has 0 N–H and O–H groups in total. The van der Waals surface area contributed by atoms with Crippen LogP contribution < -0.4 is 9.47 Å². The van der Waals surface area contributed by atoms with Crippen molar-refractivity contribution in [3.63, 3.8) is 0 Å². The van der Waals surface area contributed by atoms with Gasteiger partial charge in [-0.3, -0.25) is 0 Å². The lowest BCUT2D eigenvalue weighted by Gasteiger charge is -2.26. The number of ether oxygens (including phenoxy) is 2. The van der Waals surface area contributed by atoms with Gasteiger partial charge < -0.3 is 9.47 Å². The van der Waals surface area contributed by atoms with Gasteiger partial charge in [-0.25, -0.2) is 0 Å². The largest absolute Gasteiger partial charge is 0.497 e. The second-order valence-electron chi connectivity index (χ2n) is 6.84. The first-order chi connectivity index (χ1) is 12.2. The molecular formula is C24H36O2. The summed E-state index contributed by atoms with van der Waals surface area (Å²) in [7, 11) is 3.48. The van der Waals surface area contributed by atoms with E-state index in [0.717, 1.165) is 11.5 Å². The van der Waals surface area contributed by atoms with Gasteiger partial charge >= 0.3 is 0 Å². The molecule has 0 fully saturated rings. The van der Waals surface area contributed by atoms with E-state index in [-0.39, 0.29) is 0 Å². The van der Waals surface area contributed by atoms with Gasteiger partial charge in [0.25, 0.3) is 0 Å². The smallest absolute Gasteiger partial charge is 0.125 e. The van der Waals surface area contributed by atoms with Crippen molar-refractivity contribution in [3.05, 3.63) is 56.6 Å². The molecule has 0 saturated heterocycles. The van der Waals surface area contributed by atoms with Gasteiger partial charge in [0.1, 0.15) is 11.5 Å². The van der Waals surface area contributed by atoms with E-state index in [9.17, 15) is 0 Å². The van der Waals surface area contributed by atoms with Crippen LogP contribution in [0, 0.1) is 41.5 Å². The van der Waals surface area contributed by atoms with Crippen molar-refractivity contribution in [2.75, 3.05) is 14.2 Å². The molecule has 1 atom stereocenters. The molecule has 1 unspecified atom stereocenters. The van der Waals surface area contributed by atoms with Crippen molar-refractivity contribution < 1.29 is 9.47 Å². The maximum absolute atomic E-state index is 5.64. The van der Waals surface area contributed by atoms with Gasteiger partial charge in [0.2, 0.25) is 0 Å². The first-order valence-electron chi connectivity index (χ1n) is 9.53. The number of aryl methyl sites for hydroxylation is 2. The van der Waals surface area contributed by atoms with Crippen LogP contribution in [-0.2, 0) is 0 Å². The lowest BCUT2D eigenvalue weighted by atomic mass is 9.80. The molecule has 0 aliphatic rings. The molecule has 0 bridgehead atoms. The molecule has 0 aromatic heterocycles. The highest BCUT2D eigenvalue weighted by Gasteiger charge is 2.22. The van der Waals surface area contributed by atoms with Crippen LogP contribution in [0.4, 0.5) is 0 Å². The third-order valence-corrected chi connectivity index (χ3v) is 5.49. The number of benzene rings is 2. The van der Waals surface area contributed by atoms with Gasteiger partial charge in [-0.1, -0.05) is 20.8 Å². The maximum Gasteiger partial charge on any atom is 0.125 e. The Balaban J connectivity index is 0.00000163. The molecule has 2 heteroatoms. The fraction of sp³-hybridized carbons (Fsp3) is 0.500. The number of hydrogen-bond acceptors (Lipinski definition) is 2. The quantitative estimate of drug-likeness (QED) is 0.604. The third kappa shape index (κ3) is 3.90. The molecule has 144 valence electrons. The third-order valence-electron chi connectivity index (χ3n) is 5.49. The van der Waals surface area contributed by atoms with Crippen molar-refractivity contribution in [1.82, 2.24) is 0 Å². The average Bonchev–Trinajstić information content (AvgIpc) is 2.61. The van der Waals surface area contributed by atoms with Gasteiger partial charge in [0.05, 0.1) is 14.2 Å². The van der Waals surface area contributed by atoms with E-state index in [1.54, 1.807) is 14.2 Å². The normalized spacial score (nSPS) is 11.5. The Hall–Kier alpha value is -1.96. The Morgan fingerprint density at radius 3 is 1.42 bits per heavy atom. The van der Waals surface area contributed by atoms with Crippen LogP contribution in [0.1, 0.15) is 71.2 Å². The summed E-state index contributed by atoms with van der Waals surface area (Å²) < 4.78 is 11.1. The molecule has 26 heavy (non-hydrogen) atoms. The lowest BCUT2D eigenvalue weighted by Crippen LogP contribution is -2.10. The SMILES string of the molecule is CC.COc1cc(C)c(C(C)c2c(C)c(C)c(OC)c(C)c2C)c(C)c1. The van der Waals surface area contributed by atoms with Gasteiger partial charge in [-0.2, -0.15) is 0 Å². The second kappa shape index (κ2) is 9.12. The highest BCUT2D eigenvalue weighted by molar-refractivity contribution is 5.58. The fourth-order valence-corrected chi connectivity index (χ4v) is 4.14. The molecule has 2 nitrogen and oxygen atoms in total. The van der Waals surface area contributed by atoms with Crippen LogP contribution in [-0.4, -0.2) is 14.2 Å². The number of hydrogen-bond donors (Lipinski definition) is 0. The molecule has 0 radical (unpaired) electrons. The minimum atomic E-state index is 0.333. The molecule has 2 aromatic carbocycles. The van der Waals surface area contributed by atoms with Crippen LogP contribution in [0.3, 0.4) is 0 Å². The first kappa shape index (κ1) is 22.1. The predicted molar refractivity (Wildman–Crippen MR) is 113 cm³/mol. The molecule has 2 aromatic rings. The van der Waals surface area contributed by atoms with Gasteiger partial charge in [0.15, 0.2) is 0 Å². The van der Waals surface area contributed by atoms with Crippen LogP contribution in [0.5, 0.6) is 11.5 Å². The van der Waals surface area contributed by atoms with Crippen molar-refractivity contribution in [2.24, 2.45) is 0 Å². The predicted octanol–water partition coefficient (Wildman–Crippen LogP) is 6.73. The fourth-order valence-electron chi connectivity index (χ4n) is 4.14. The highest BCUT2D eigenvalue weighted by Crippen LogP contribution is 2.40. The first-order valence-corrected chi connectivity index (χ1v) is 9.53. The molecular weight excluding hydrogens is 320 g/mol. The van der Waals surface area contributed by atoms with Gasteiger partial charge in [0, 0.05) is 5.92 Å². The highest BCUT2D eigenvalue weighted by atomic mass is 16.5. The standard InChI is InChI=1S/C22H30O2.C2H6/c1-12-10-19(23-8)11-13(2)20(12)18(7)21-14(3)16(5)22(24-9)17(6)15(21)4;1-2/h10-11,18H,1-9H3;1-2H3. The number of rotatable bonds is 4. The van der Waals surface area contributed by atoms with E-state index in [0.29, 0.717) is 5.92 Å². The number of methoxy groups -OCH3 is 2. The summed E-state index contributed by atoms with van der Waals surface area (Å²) in [5, 5.41) is 0. The van der Waals surface area contributed by atoms with Crippen molar-refractivity contribution in [1.29, 1.82) is 0 Å². The van der Waals surface area contributed by atoms with E-state index < -0.39 is 0 Å². The summed E-state index contributed by atoms with van der Waals surface area (Å²) >= 11 is 0. The molecule has 0 aliphatic heterocycles. The maximum atomic E-state index is 5.64. The summed E-state index contributed by atoms with van der Waals surface area (Å²) in [4.78, 5) is 0. The van der Waals surface area contributed by atoms with Crippen LogP contribution in [0.2, 0.25) is 0 Å². The van der Waals surface area contributed by atoms with Crippen LogP contribution in [0.15, 0.2) is 12.1 Å². The molecule has 0 heterocycles. The minimum absolute atomic E-state index is 0.333. The monoisotopic (exact) mass is 356 g/mol. The average molecular weight is 357 g/mol. The molecule has 0 aliphatic carbocycles. The van der Waals surface area contributed by atoms with E-state index in [1.807, 2.05) is 13.8 Å². The van der Waals surface area contributed by atoms with Crippen molar-refractivity contribution in [2.45, 2.75) is 68.2 Å². The summed E-state index contributed by atoms with van der Waals surface area (Å²) in [5.41, 5.74) is 10.5. The van der Waals surface area contributed by atoms with E-state index in [4.69, 9.17) is 9.47 Å². The molecule has 0 amide bonds. The van der Waals surface area contributed by atoms with Crippen LogP contribution >= 0.6 is 0 Å². The van der Waals surface area contributed by atoms with Crippen LogP contribution in [0.25, 0.3) is 0 Å². The Morgan fingerprint density at radius 1 is 0.654 bits per heavy atom. The van der Waals surface area contributed by atoms with Gasteiger partial charge in [-0.05, 0) is 98.2 Å². The zero-order valence-electron chi connectivity index (χ0n) is 18.5. The summed E-state index contributed by atoms with van der Waals surface area (Å²) in [6.07, 6.45) is 0. The second-order valence-corrected chi connectivity index (χ2v) is 6.84. The zero-order chi connectivity index (χ0) is 20.2. The van der Waals surface area contributed by atoms with E-state index >= 15 is 0 Å². The Kier molecular flexibility index (Phi) is 7.74. The minimum Gasteiger partial charge on any atom is -0.497 e. The Morgan fingerprint density at radius 2 is 1.08 bits per heavy atom. The lowest BCUT2D eigenvalue weighted by molar-refractivity contribution is 0.407. The molecule has 0 saturated carbocycles. The van der Waals surface area contributed by atoms with Gasteiger partial charge in [-0.15, -0.1) is 0 Å². The van der Waals surface area contributed by atoms with Crippen molar-refractivity contribution >= 4 is 0 Å². The summed E-state index contributed by atoms with van der Waals surface area (Å²) in [6, 6.07) is 4.26. The topological polar surface area (TPSA) is 18.5 Å². The zero-order valence-corrected chi connectivity index (χ0v) is 18.5. The molecule has 0 spiro atoms. The Labute approximate surface area is 160 Å². The van der Waals surface area contributed by atoms with E-state index in [1.165, 1.54) is 44.5 Å². The molecule has 2 rings (SSSR count). The Bertz CT molecular complexity index is 720.